The molecule has 0 aliphatic heterocycles. The van der Waals surface area contributed by atoms with Crippen LogP contribution >= 0.6 is 0 Å². The van der Waals surface area contributed by atoms with Gasteiger partial charge in [-0.25, -0.2) is 0 Å². The van der Waals surface area contributed by atoms with E-state index >= 15 is 0 Å². The Labute approximate surface area is 164 Å². The van der Waals surface area contributed by atoms with Crippen LogP contribution in [0.3, 0.4) is 0 Å². The van der Waals surface area contributed by atoms with Crippen molar-refractivity contribution in [2.75, 3.05) is 0 Å². The first-order valence-corrected chi connectivity index (χ1v) is 9.25. The van der Waals surface area contributed by atoms with Gasteiger partial charge in [-0.05, 0) is 40.5 Å². The van der Waals surface area contributed by atoms with E-state index in [1.807, 2.05) is 59.0 Å². The minimum absolute atomic E-state index is 0.0723. The summed E-state index contributed by atoms with van der Waals surface area (Å²) in [4.78, 5) is 12.4. The Morgan fingerprint density at radius 2 is 1.79 bits per heavy atom. The van der Waals surface area contributed by atoms with Gasteiger partial charge in [-0.3, -0.25) is 9.48 Å². The Morgan fingerprint density at radius 3 is 2.50 bits per heavy atom. The van der Waals surface area contributed by atoms with Crippen molar-refractivity contribution < 1.29 is 4.79 Å². The van der Waals surface area contributed by atoms with E-state index in [0.717, 1.165) is 23.2 Å². The highest BCUT2D eigenvalue weighted by atomic mass is 16.1. The first-order chi connectivity index (χ1) is 13.7. The highest BCUT2D eigenvalue weighted by Crippen LogP contribution is 2.24. The maximum Gasteiger partial charge on any atom is 0.268 e. The van der Waals surface area contributed by atoms with Crippen LogP contribution in [-0.4, -0.2) is 20.3 Å². The predicted molar refractivity (Wildman–Crippen MR) is 110 cm³/mol. The zero-order valence-electron chi connectivity index (χ0n) is 15.7. The Balaban J connectivity index is 1.49. The van der Waals surface area contributed by atoms with Gasteiger partial charge >= 0.3 is 0 Å². The lowest BCUT2D eigenvalue weighted by Gasteiger charge is -2.12. The van der Waals surface area contributed by atoms with E-state index in [4.69, 9.17) is 0 Å². The van der Waals surface area contributed by atoms with Gasteiger partial charge in [-0.15, -0.1) is 0 Å². The van der Waals surface area contributed by atoms with E-state index in [0.29, 0.717) is 12.2 Å². The average Bonchev–Trinajstić information content (AvgIpc) is 3.39. The Morgan fingerprint density at radius 1 is 0.964 bits per heavy atom. The summed E-state index contributed by atoms with van der Waals surface area (Å²) in [5, 5.41) is 7.27. The van der Waals surface area contributed by atoms with Crippen LogP contribution in [0.4, 0.5) is 0 Å². The summed E-state index contributed by atoms with van der Waals surface area (Å²) in [5.74, 6) is -0.0723. The van der Waals surface area contributed by atoms with Crippen molar-refractivity contribution in [3.63, 3.8) is 0 Å². The Bertz CT molecular complexity index is 1060. The number of amides is 1. The normalized spacial score (nSPS) is 10.8. The fourth-order valence-electron chi connectivity index (χ4n) is 3.29. The number of hydrogen-bond acceptors (Lipinski definition) is 2. The lowest BCUT2D eigenvalue weighted by atomic mass is 9.98. The third kappa shape index (κ3) is 3.88. The molecule has 0 bridgehead atoms. The van der Waals surface area contributed by atoms with Crippen molar-refractivity contribution in [2.24, 2.45) is 7.05 Å². The Kier molecular flexibility index (Phi) is 5.06. The maximum absolute atomic E-state index is 12.4. The van der Waals surface area contributed by atoms with Crippen LogP contribution in [0.25, 0.3) is 11.1 Å². The molecule has 140 valence electrons. The van der Waals surface area contributed by atoms with Gasteiger partial charge < -0.3 is 9.88 Å². The molecule has 0 fully saturated rings. The first-order valence-electron chi connectivity index (χ1n) is 9.25. The van der Waals surface area contributed by atoms with E-state index in [1.165, 1.54) is 5.56 Å². The highest BCUT2D eigenvalue weighted by molar-refractivity contribution is 5.92. The van der Waals surface area contributed by atoms with E-state index < -0.39 is 0 Å². The highest BCUT2D eigenvalue weighted by Gasteiger charge is 2.10. The van der Waals surface area contributed by atoms with E-state index in [2.05, 4.69) is 46.8 Å². The number of carbonyl (C=O) groups excluding carboxylic acids is 1. The number of rotatable bonds is 6. The monoisotopic (exact) mass is 370 g/mol. The van der Waals surface area contributed by atoms with Crippen molar-refractivity contribution in [1.82, 2.24) is 19.7 Å². The summed E-state index contributed by atoms with van der Waals surface area (Å²) in [6, 6.07) is 22.3. The van der Waals surface area contributed by atoms with Gasteiger partial charge in [-0.1, -0.05) is 48.5 Å². The molecule has 4 aromatic rings. The molecule has 28 heavy (non-hydrogen) atoms. The average molecular weight is 370 g/mol. The lowest BCUT2D eigenvalue weighted by molar-refractivity contribution is 0.0943. The molecule has 0 unspecified atom stereocenters. The molecule has 2 aromatic carbocycles. The third-order valence-electron chi connectivity index (χ3n) is 4.80. The molecule has 0 spiro atoms. The standard InChI is InChI=1S/C23H22N4O/c1-26-14-4-8-22(26)23(28)24-16-20-6-2-3-7-21(20)19-11-9-18(10-12-19)17-27-15-5-13-25-27/h2-15H,16-17H2,1H3,(H,24,28). The number of aromatic nitrogens is 3. The topological polar surface area (TPSA) is 51.9 Å². The molecule has 0 saturated heterocycles. The van der Waals surface area contributed by atoms with Crippen molar-refractivity contribution >= 4 is 5.91 Å². The number of aryl methyl sites for hydroxylation is 1. The van der Waals surface area contributed by atoms with Gasteiger partial charge in [0.25, 0.3) is 5.91 Å². The second-order valence-corrected chi connectivity index (χ2v) is 6.74. The molecule has 0 aliphatic carbocycles. The van der Waals surface area contributed by atoms with Crippen LogP contribution in [-0.2, 0) is 20.1 Å². The third-order valence-corrected chi connectivity index (χ3v) is 4.80. The van der Waals surface area contributed by atoms with Crippen molar-refractivity contribution in [2.45, 2.75) is 13.1 Å². The molecule has 5 heteroatoms. The maximum atomic E-state index is 12.4. The van der Waals surface area contributed by atoms with Crippen LogP contribution in [0.5, 0.6) is 0 Å². The molecule has 2 aromatic heterocycles. The molecule has 2 heterocycles. The SMILES string of the molecule is Cn1cccc1C(=O)NCc1ccccc1-c1ccc(Cn2cccn2)cc1. The molecule has 4 rings (SSSR count). The summed E-state index contributed by atoms with van der Waals surface area (Å²) in [5.41, 5.74) is 5.19. The quantitative estimate of drug-likeness (QED) is 0.560. The van der Waals surface area contributed by atoms with Gasteiger partial charge in [0.15, 0.2) is 0 Å². The predicted octanol–water partition coefficient (Wildman–Crippen LogP) is 3.87. The summed E-state index contributed by atoms with van der Waals surface area (Å²) >= 11 is 0. The van der Waals surface area contributed by atoms with Gasteiger partial charge in [0.2, 0.25) is 0 Å². The largest absolute Gasteiger partial charge is 0.347 e. The van der Waals surface area contributed by atoms with Gasteiger partial charge in [-0.2, -0.15) is 5.10 Å². The van der Waals surface area contributed by atoms with Gasteiger partial charge in [0.1, 0.15) is 5.69 Å². The van der Waals surface area contributed by atoms with Crippen LogP contribution in [0.15, 0.2) is 85.3 Å². The lowest BCUT2D eigenvalue weighted by Crippen LogP contribution is -2.25. The molecule has 0 radical (unpaired) electrons. The zero-order valence-corrected chi connectivity index (χ0v) is 15.7. The first kappa shape index (κ1) is 17.8. The fourth-order valence-corrected chi connectivity index (χ4v) is 3.29. The fraction of sp³-hybridized carbons (Fsp3) is 0.130. The van der Waals surface area contributed by atoms with Crippen LogP contribution < -0.4 is 5.32 Å². The molecule has 0 saturated carbocycles. The van der Waals surface area contributed by atoms with E-state index in [1.54, 1.807) is 6.20 Å². The van der Waals surface area contributed by atoms with Crippen LogP contribution in [0.1, 0.15) is 21.6 Å². The summed E-state index contributed by atoms with van der Waals surface area (Å²) in [7, 11) is 1.87. The van der Waals surface area contributed by atoms with Crippen molar-refractivity contribution in [3.8, 4) is 11.1 Å². The van der Waals surface area contributed by atoms with Crippen LogP contribution in [0.2, 0.25) is 0 Å². The smallest absolute Gasteiger partial charge is 0.268 e. The molecule has 5 nitrogen and oxygen atoms in total. The number of nitrogens with zero attached hydrogens (tertiary/aromatic N) is 3. The van der Waals surface area contributed by atoms with E-state index in [-0.39, 0.29) is 5.91 Å². The molecule has 1 amide bonds. The second-order valence-electron chi connectivity index (χ2n) is 6.74. The molecule has 1 N–H and O–H groups in total. The van der Waals surface area contributed by atoms with Gasteiger partial charge in [0, 0.05) is 32.2 Å². The summed E-state index contributed by atoms with van der Waals surface area (Å²) in [6.07, 6.45) is 5.61. The zero-order chi connectivity index (χ0) is 19.3. The van der Waals surface area contributed by atoms with Gasteiger partial charge in [0.05, 0.1) is 6.54 Å². The van der Waals surface area contributed by atoms with Crippen LogP contribution in [0, 0.1) is 0 Å². The molecule has 0 atom stereocenters. The number of carbonyl (C=O) groups is 1. The molecular formula is C23H22N4O. The molecule has 0 aliphatic rings. The molecular weight excluding hydrogens is 348 g/mol. The Hall–Kier alpha value is -3.60. The van der Waals surface area contributed by atoms with Crippen molar-refractivity contribution in [3.05, 3.63) is 102 Å². The minimum atomic E-state index is -0.0723. The second kappa shape index (κ2) is 7.96. The van der Waals surface area contributed by atoms with Crippen molar-refractivity contribution in [1.29, 1.82) is 0 Å². The number of nitrogens with one attached hydrogen (secondary N) is 1. The summed E-state index contributed by atoms with van der Waals surface area (Å²) in [6.45, 7) is 1.23. The minimum Gasteiger partial charge on any atom is -0.347 e. The number of hydrogen-bond donors (Lipinski definition) is 1. The summed E-state index contributed by atoms with van der Waals surface area (Å²) < 4.78 is 3.72. The number of benzene rings is 2. The van der Waals surface area contributed by atoms with E-state index in [9.17, 15) is 4.79 Å².